The number of thiophene rings is 1. The number of hydrogen-bond acceptors (Lipinski definition) is 3. The van der Waals surface area contributed by atoms with Crippen LogP contribution in [0.1, 0.15) is 25.0 Å². The second-order valence-corrected chi connectivity index (χ2v) is 11.0. The van der Waals surface area contributed by atoms with E-state index in [4.69, 9.17) is 9.47 Å². The summed E-state index contributed by atoms with van der Waals surface area (Å²) in [7, 11) is 0. The van der Waals surface area contributed by atoms with E-state index in [1.807, 2.05) is 11.3 Å². The van der Waals surface area contributed by atoms with Gasteiger partial charge in [0.05, 0.1) is 0 Å². The van der Waals surface area contributed by atoms with Crippen molar-refractivity contribution in [3.63, 3.8) is 0 Å². The molecule has 2 nitrogen and oxygen atoms in total. The van der Waals surface area contributed by atoms with Crippen LogP contribution >= 0.6 is 11.3 Å². The predicted octanol–water partition coefficient (Wildman–Crippen LogP) is 0.810. The van der Waals surface area contributed by atoms with Crippen LogP contribution in [-0.2, 0) is 9.47 Å². The van der Waals surface area contributed by atoms with Crippen molar-refractivity contribution < 1.29 is 9.47 Å². The average Bonchev–Trinajstić information content (AvgIpc) is 2.52. The van der Waals surface area contributed by atoms with Crippen LogP contribution in [0.3, 0.4) is 0 Å². The van der Waals surface area contributed by atoms with Crippen LogP contribution in [0, 0.1) is 5.41 Å². The van der Waals surface area contributed by atoms with Gasteiger partial charge in [-0.15, -0.1) is 0 Å². The Labute approximate surface area is 102 Å². The van der Waals surface area contributed by atoms with E-state index in [9.17, 15) is 0 Å². The fourth-order valence-electron chi connectivity index (χ4n) is 1.44. The summed E-state index contributed by atoms with van der Waals surface area (Å²) in [5.74, 6) is 0. The first-order valence-corrected chi connectivity index (χ1v) is 8.53. The summed E-state index contributed by atoms with van der Waals surface area (Å²) in [6.07, 6.45) is -0.104. The third kappa shape index (κ3) is 2.51. The van der Waals surface area contributed by atoms with Crippen LogP contribution in [-0.4, -0.2) is 35.7 Å². The predicted molar refractivity (Wildman–Crippen MR) is 62.3 cm³/mol. The molecule has 0 N–H and O–H groups in total. The zero-order chi connectivity index (χ0) is 10.2. The fourth-order valence-corrected chi connectivity index (χ4v) is 4.81. The SMILES string of the molecule is CC1(C)COC(c2cc[c]([SnH3])s2)OC1. The molecule has 0 bridgehead atoms. The number of ether oxygens (including phenoxy) is 2. The van der Waals surface area contributed by atoms with Gasteiger partial charge >= 0.3 is 102 Å². The maximum absolute atomic E-state index is 5.70. The van der Waals surface area contributed by atoms with Crippen molar-refractivity contribution in [1.82, 2.24) is 0 Å². The van der Waals surface area contributed by atoms with Crippen LogP contribution in [0.2, 0.25) is 0 Å². The van der Waals surface area contributed by atoms with E-state index in [1.165, 1.54) is 7.77 Å². The third-order valence-corrected chi connectivity index (χ3v) is 5.97. The van der Waals surface area contributed by atoms with Gasteiger partial charge in [0, 0.05) is 0 Å². The average molecular weight is 319 g/mol. The van der Waals surface area contributed by atoms with Crippen LogP contribution in [0.5, 0.6) is 0 Å². The molecule has 2 rings (SSSR count). The van der Waals surface area contributed by atoms with E-state index >= 15 is 0 Å². The second-order valence-electron chi connectivity index (χ2n) is 4.57. The Hall–Kier alpha value is 0.419. The van der Waals surface area contributed by atoms with Crippen LogP contribution in [0.15, 0.2) is 12.1 Å². The Morgan fingerprint density at radius 2 is 2.00 bits per heavy atom. The summed E-state index contributed by atoms with van der Waals surface area (Å²) in [5.41, 5.74) is 0.169. The molecule has 0 amide bonds. The first kappa shape index (κ1) is 10.9. The van der Waals surface area contributed by atoms with E-state index in [1.54, 1.807) is 0 Å². The van der Waals surface area contributed by atoms with E-state index < -0.39 is 0 Å². The van der Waals surface area contributed by atoms with Gasteiger partial charge in [-0.3, -0.25) is 0 Å². The molecule has 0 radical (unpaired) electrons. The third-order valence-electron chi connectivity index (χ3n) is 2.24. The Kier molecular flexibility index (Phi) is 3.21. The summed E-state index contributed by atoms with van der Waals surface area (Å²) in [5, 5.41) is 0. The summed E-state index contributed by atoms with van der Waals surface area (Å²) in [4.78, 5) is 1.23. The molecule has 1 fully saturated rings. The quantitative estimate of drug-likeness (QED) is 0.714. The molecule has 14 heavy (non-hydrogen) atoms. The van der Waals surface area contributed by atoms with Crippen LogP contribution in [0.4, 0.5) is 0 Å². The number of rotatable bonds is 1. The standard InChI is InChI=1S/C10H13O2S.Sn.3H/c1-10(2)6-11-9(12-7-10)8-4-3-5-13-8;;;;/h3-4,9H,6-7H2,1-2H3;;;;. The van der Waals surface area contributed by atoms with Gasteiger partial charge in [0.1, 0.15) is 0 Å². The Morgan fingerprint density at radius 1 is 1.36 bits per heavy atom. The molecular formula is C10H16O2SSn. The molecule has 1 aromatic rings. The van der Waals surface area contributed by atoms with Crippen molar-refractivity contribution in [1.29, 1.82) is 0 Å². The number of hydrogen-bond donors (Lipinski definition) is 0. The Balaban J connectivity index is 2.02. The van der Waals surface area contributed by atoms with E-state index in [0.29, 0.717) is 22.5 Å². The molecule has 78 valence electrons. The summed E-state index contributed by atoms with van der Waals surface area (Å²) >= 11 is 2.45. The van der Waals surface area contributed by atoms with Crippen molar-refractivity contribution >= 4 is 36.8 Å². The minimum absolute atomic E-state index is 0.104. The summed E-state index contributed by atoms with van der Waals surface area (Å²) in [6, 6.07) is 4.34. The van der Waals surface area contributed by atoms with E-state index in [0.717, 1.165) is 13.2 Å². The van der Waals surface area contributed by atoms with Crippen molar-refractivity contribution in [2.24, 2.45) is 5.41 Å². The van der Waals surface area contributed by atoms with Gasteiger partial charge in [-0.25, -0.2) is 0 Å². The zero-order valence-electron chi connectivity index (χ0n) is 8.87. The molecule has 0 unspecified atom stereocenters. The van der Waals surface area contributed by atoms with Crippen molar-refractivity contribution in [3.8, 4) is 0 Å². The summed E-state index contributed by atoms with van der Waals surface area (Å²) in [6.45, 7) is 5.91. The molecule has 1 saturated heterocycles. The first-order valence-electron chi connectivity index (χ1n) is 4.86. The zero-order valence-corrected chi connectivity index (χ0v) is 15.4. The monoisotopic (exact) mass is 320 g/mol. The summed E-state index contributed by atoms with van der Waals surface area (Å²) < 4.78 is 12.9. The molecule has 0 aliphatic carbocycles. The molecule has 1 aromatic heterocycles. The fraction of sp³-hybridized carbons (Fsp3) is 0.600. The maximum atomic E-state index is 5.70. The Bertz CT molecular complexity index is 312. The van der Waals surface area contributed by atoms with E-state index in [-0.39, 0.29) is 11.7 Å². The molecule has 0 atom stereocenters. The van der Waals surface area contributed by atoms with Gasteiger partial charge in [0.25, 0.3) is 0 Å². The van der Waals surface area contributed by atoms with Gasteiger partial charge in [-0.05, 0) is 0 Å². The van der Waals surface area contributed by atoms with Crippen LogP contribution < -0.4 is 2.89 Å². The van der Waals surface area contributed by atoms with Gasteiger partial charge in [0.15, 0.2) is 0 Å². The molecule has 1 aliphatic rings. The first-order chi connectivity index (χ1) is 6.57. The normalized spacial score (nSPS) is 22.7. The van der Waals surface area contributed by atoms with Crippen LogP contribution in [0.25, 0.3) is 0 Å². The van der Waals surface area contributed by atoms with Gasteiger partial charge in [-0.1, -0.05) is 0 Å². The molecule has 4 heteroatoms. The second kappa shape index (κ2) is 4.12. The van der Waals surface area contributed by atoms with Crippen molar-refractivity contribution in [2.45, 2.75) is 20.1 Å². The minimum atomic E-state index is -0.104. The molecule has 1 aliphatic heterocycles. The topological polar surface area (TPSA) is 18.5 Å². The molecule has 0 saturated carbocycles. The molecule has 2 heterocycles. The Morgan fingerprint density at radius 3 is 2.50 bits per heavy atom. The molecule has 0 aromatic carbocycles. The molecular weight excluding hydrogens is 303 g/mol. The van der Waals surface area contributed by atoms with Gasteiger partial charge < -0.3 is 0 Å². The van der Waals surface area contributed by atoms with Gasteiger partial charge in [-0.2, -0.15) is 0 Å². The van der Waals surface area contributed by atoms with Crippen molar-refractivity contribution in [3.05, 3.63) is 17.0 Å². The van der Waals surface area contributed by atoms with Crippen molar-refractivity contribution in [2.75, 3.05) is 13.2 Å². The van der Waals surface area contributed by atoms with Gasteiger partial charge in [0.2, 0.25) is 0 Å². The van der Waals surface area contributed by atoms with E-state index in [2.05, 4.69) is 26.0 Å². The molecule has 0 spiro atoms.